The molecule has 0 bridgehead atoms. The summed E-state index contributed by atoms with van der Waals surface area (Å²) in [7, 11) is 0. The zero-order valence-corrected chi connectivity index (χ0v) is 23.0. The number of aromatic nitrogens is 1. The highest BCUT2D eigenvalue weighted by atomic mass is 32.1. The van der Waals surface area contributed by atoms with Crippen LogP contribution in [0, 0.1) is 5.41 Å². The van der Waals surface area contributed by atoms with Gasteiger partial charge in [0.25, 0.3) is 0 Å². The normalized spacial score (nSPS) is 14.1. The molecule has 0 atom stereocenters. The molecule has 0 spiro atoms. The zero-order chi connectivity index (χ0) is 27.6. The van der Waals surface area contributed by atoms with Crippen molar-refractivity contribution in [2.24, 2.45) is 0 Å². The van der Waals surface area contributed by atoms with Gasteiger partial charge in [-0.3, -0.25) is 0 Å². The number of para-hydroxylation sites is 1. The summed E-state index contributed by atoms with van der Waals surface area (Å²) in [6.07, 6.45) is 10.9. The van der Waals surface area contributed by atoms with Crippen molar-refractivity contribution >= 4 is 65.6 Å². The summed E-state index contributed by atoms with van der Waals surface area (Å²) in [5.41, 5.74) is 8.15. The van der Waals surface area contributed by atoms with Crippen LogP contribution in [0.2, 0.25) is 0 Å². The number of hydrogen-bond donors (Lipinski definition) is 2. The van der Waals surface area contributed by atoms with E-state index < -0.39 is 0 Å². The minimum absolute atomic E-state index is 0.792. The maximum absolute atomic E-state index is 5.50. The fourth-order valence-electron chi connectivity index (χ4n) is 5.53. The van der Waals surface area contributed by atoms with E-state index in [-0.39, 0.29) is 0 Å². The molecule has 4 heteroatoms. The van der Waals surface area contributed by atoms with E-state index in [1.165, 1.54) is 47.5 Å². The first kappa shape index (κ1) is 25.4. The Balaban J connectivity index is 0.00000142. The summed E-state index contributed by atoms with van der Waals surface area (Å²) >= 11 is 1.87. The van der Waals surface area contributed by atoms with E-state index in [0.29, 0.717) is 0 Å². The number of nitrogens with one attached hydrogen (secondary N) is 2. The van der Waals surface area contributed by atoms with E-state index in [0.717, 1.165) is 29.0 Å². The minimum atomic E-state index is 0.792. The van der Waals surface area contributed by atoms with Crippen LogP contribution in [0.25, 0.3) is 53.2 Å². The predicted octanol–water partition coefficient (Wildman–Crippen LogP) is 9.93. The van der Waals surface area contributed by atoms with E-state index in [2.05, 4.69) is 133 Å². The molecule has 0 fully saturated rings. The van der Waals surface area contributed by atoms with Gasteiger partial charge in [-0.25, -0.2) is 0 Å². The first-order valence-electron chi connectivity index (χ1n) is 13.2. The van der Waals surface area contributed by atoms with Gasteiger partial charge in [-0.05, 0) is 72.3 Å². The van der Waals surface area contributed by atoms with Gasteiger partial charge in [0.15, 0.2) is 0 Å². The van der Waals surface area contributed by atoms with Gasteiger partial charge in [-0.1, -0.05) is 73.3 Å². The lowest BCUT2D eigenvalue weighted by atomic mass is 10.0. The molecule has 0 aliphatic carbocycles. The minimum Gasteiger partial charge on any atom is -0.361 e. The lowest BCUT2D eigenvalue weighted by Crippen LogP contribution is -2.10. The van der Waals surface area contributed by atoms with Crippen LogP contribution >= 0.6 is 11.3 Å². The Morgan fingerprint density at radius 3 is 2.25 bits per heavy atom. The zero-order valence-electron chi connectivity index (χ0n) is 22.2. The molecule has 0 saturated carbocycles. The third kappa shape index (κ3) is 4.19. The van der Waals surface area contributed by atoms with Gasteiger partial charge in [-0.2, -0.15) is 0 Å². The summed E-state index contributed by atoms with van der Waals surface area (Å²) in [5.74, 6) is 0. The smallest absolute Gasteiger partial charge is 0.0548 e. The molecule has 2 aromatic heterocycles. The molecule has 1 aliphatic rings. The Morgan fingerprint density at radius 2 is 1.52 bits per heavy atom. The Hall–Kier alpha value is -4.93. The molecule has 2 N–H and O–H groups in total. The van der Waals surface area contributed by atoms with Crippen LogP contribution in [-0.2, 0) is 0 Å². The highest BCUT2D eigenvalue weighted by molar-refractivity contribution is 7.25. The molecule has 4 aromatic carbocycles. The number of rotatable bonds is 5. The van der Waals surface area contributed by atoms with Crippen LogP contribution in [0.4, 0.5) is 0 Å². The van der Waals surface area contributed by atoms with Gasteiger partial charge in [-0.15, -0.1) is 17.9 Å². The Bertz CT molecular complexity index is 2010. The van der Waals surface area contributed by atoms with Crippen LogP contribution in [0.15, 0.2) is 140 Å². The SMILES string of the molecule is C=CC/C(C=C)=C1/C=CC(c2ccc(-n3c4ccccc4c4cc5sc6ccccc6c5cc43)cc2)=CN1.C=N. The van der Waals surface area contributed by atoms with Gasteiger partial charge in [0, 0.05) is 48.5 Å². The summed E-state index contributed by atoms with van der Waals surface area (Å²) in [5, 5.41) is 14.2. The number of thiophene rings is 1. The number of fused-ring (bicyclic) bond motifs is 6. The second-order valence-electron chi connectivity index (χ2n) is 9.58. The Morgan fingerprint density at radius 1 is 0.775 bits per heavy atom. The fraction of sp³-hybridized carbons (Fsp3) is 0.0278. The van der Waals surface area contributed by atoms with E-state index in [1.54, 1.807) is 0 Å². The van der Waals surface area contributed by atoms with Crippen molar-refractivity contribution in [1.29, 1.82) is 5.41 Å². The fourth-order valence-corrected chi connectivity index (χ4v) is 6.66. The molecule has 3 heterocycles. The van der Waals surface area contributed by atoms with Crippen LogP contribution < -0.4 is 5.32 Å². The van der Waals surface area contributed by atoms with Gasteiger partial charge in [0.2, 0.25) is 0 Å². The molecule has 0 unspecified atom stereocenters. The Kier molecular flexibility index (Phi) is 6.77. The summed E-state index contributed by atoms with van der Waals surface area (Å²) in [4.78, 5) is 0. The highest BCUT2D eigenvalue weighted by Gasteiger charge is 2.15. The van der Waals surface area contributed by atoms with Crippen molar-refractivity contribution in [3.63, 3.8) is 0 Å². The first-order valence-corrected chi connectivity index (χ1v) is 14.0. The summed E-state index contributed by atoms with van der Waals surface area (Å²) in [6, 6.07) is 31.0. The largest absolute Gasteiger partial charge is 0.361 e. The van der Waals surface area contributed by atoms with E-state index in [9.17, 15) is 0 Å². The van der Waals surface area contributed by atoms with Crippen LogP contribution in [0.5, 0.6) is 0 Å². The number of nitrogens with zero attached hydrogens (tertiary/aromatic N) is 1. The molecule has 40 heavy (non-hydrogen) atoms. The topological polar surface area (TPSA) is 40.8 Å². The van der Waals surface area contributed by atoms with Crippen molar-refractivity contribution in [1.82, 2.24) is 9.88 Å². The third-order valence-electron chi connectivity index (χ3n) is 7.40. The van der Waals surface area contributed by atoms with Crippen LogP contribution in [-0.4, -0.2) is 11.3 Å². The molecule has 0 saturated heterocycles. The van der Waals surface area contributed by atoms with Crippen molar-refractivity contribution < 1.29 is 0 Å². The second kappa shape index (κ2) is 10.7. The lowest BCUT2D eigenvalue weighted by molar-refractivity contribution is 1.05. The van der Waals surface area contributed by atoms with E-state index >= 15 is 0 Å². The maximum atomic E-state index is 5.50. The third-order valence-corrected chi connectivity index (χ3v) is 8.53. The lowest BCUT2D eigenvalue weighted by Gasteiger charge is -2.15. The number of dihydropyridines is 1. The predicted molar refractivity (Wildman–Crippen MR) is 176 cm³/mol. The summed E-state index contributed by atoms with van der Waals surface area (Å²) in [6.45, 7) is 10.3. The molecule has 3 nitrogen and oxygen atoms in total. The van der Waals surface area contributed by atoms with Crippen molar-refractivity contribution in [2.75, 3.05) is 0 Å². The molecular formula is C36H29N3S. The molecule has 194 valence electrons. The van der Waals surface area contributed by atoms with Crippen LogP contribution in [0.3, 0.4) is 0 Å². The molecule has 1 aliphatic heterocycles. The maximum Gasteiger partial charge on any atom is 0.0548 e. The number of benzene rings is 4. The highest BCUT2D eigenvalue weighted by Crippen LogP contribution is 2.40. The number of allylic oxidation sites excluding steroid dienone is 6. The number of hydrogen-bond acceptors (Lipinski definition) is 3. The molecule has 0 amide bonds. The quantitative estimate of drug-likeness (QED) is 0.167. The van der Waals surface area contributed by atoms with Gasteiger partial charge >= 0.3 is 0 Å². The van der Waals surface area contributed by atoms with Crippen LogP contribution in [0.1, 0.15) is 12.0 Å². The van der Waals surface area contributed by atoms with Crippen molar-refractivity contribution in [2.45, 2.75) is 6.42 Å². The monoisotopic (exact) mass is 535 g/mol. The average molecular weight is 536 g/mol. The Labute approximate surface area is 237 Å². The first-order chi connectivity index (χ1) is 19.7. The summed E-state index contributed by atoms with van der Waals surface area (Å²) < 4.78 is 5.07. The average Bonchev–Trinajstić information content (AvgIpc) is 3.55. The van der Waals surface area contributed by atoms with Gasteiger partial charge < -0.3 is 15.3 Å². The van der Waals surface area contributed by atoms with Crippen molar-refractivity contribution in [3.8, 4) is 5.69 Å². The van der Waals surface area contributed by atoms with E-state index in [1.807, 2.05) is 23.5 Å². The van der Waals surface area contributed by atoms with Crippen molar-refractivity contribution in [3.05, 3.63) is 145 Å². The van der Waals surface area contributed by atoms with E-state index in [4.69, 9.17) is 5.41 Å². The molecular weight excluding hydrogens is 506 g/mol. The van der Waals surface area contributed by atoms with Gasteiger partial charge in [0.1, 0.15) is 0 Å². The molecule has 6 aromatic rings. The standard InChI is InChI=1S/C35H26N2S.CH3N/c1-3-9-23(4-2)31-19-16-25(22-36-31)24-14-17-26(18-15-24)37-32-12-7-5-10-27(32)29-21-35-30(20-33(29)37)28-11-6-8-13-34(28)38-35;1-2/h3-8,10-22,36H,1-2,9H2;2H,1H2/b31-23-;. The second-order valence-corrected chi connectivity index (χ2v) is 10.7. The molecule has 7 rings (SSSR count). The van der Waals surface area contributed by atoms with Gasteiger partial charge in [0.05, 0.1) is 11.0 Å². The molecule has 0 radical (unpaired) electrons.